The lowest BCUT2D eigenvalue weighted by Gasteiger charge is -2.34. The summed E-state index contributed by atoms with van der Waals surface area (Å²) in [5.41, 5.74) is 2.29. The van der Waals surface area contributed by atoms with E-state index in [1.807, 2.05) is 39.9 Å². The first-order valence-electron chi connectivity index (χ1n) is 8.38. The number of carbonyl (C=O) groups excluding carboxylic acids is 1. The molecule has 0 radical (unpaired) electrons. The highest BCUT2D eigenvalue weighted by Crippen LogP contribution is 2.32. The van der Waals surface area contributed by atoms with Crippen LogP contribution in [0.1, 0.15) is 11.1 Å². The van der Waals surface area contributed by atoms with Crippen molar-refractivity contribution in [1.82, 2.24) is 9.80 Å². The second-order valence-corrected chi connectivity index (χ2v) is 6.96. The van der Waals surface area contributed by atoms with Gasteiger partial charge in [0.05, 0.1) is 0 Å². The van der Waals surface area contributed by atoms with Gasteiger partial charge in [-0.25, -0.2) is 0 Å². The van der Waals surface area contributed by atoms with Gasteiger partial charge in [0.25, 0.3) is 0 Å². The molecular weight excluding hydrogens is 336 g/mol. The molecule has 1 aromatic heterocycles. The fourth-order valence-corrected chi connectivity index (χ4v) is 3.70. The van der Waals surface area contributed by atoms with Crippen LogP contribution in [0.15, 0.2) is 41.1 Å². The van der Waals surface area contributed by atoms with Gasteiger partial charge >= 0.3 is 0 Å². The van der Waals surface area contributed by atoms with Gasteiger partial charge in [-0.05, 0) is 46.2 Å². The summed E-state index contributed by atoms with van der Waals surface area (Å²) >= 11 is 1.64. The van der Waals surface area contributed by atoms with Crippen molar-refractivity contribution in [3.8, 4) is 11.5 Å². The van der Waals surface area contributed by atoms with Crippen LogP contribution in [0, 0.1) is 0 Å². The lowest BCUT2D eigenvalue weighted by Crippen LogP contribution is -2.47. The quantitative estimate of drug-likeness (QED) is 0.790. The highest BCUT2D eigenvalue weighted by atomic mass is 32.1. The lowest BCUT2D eigenvalue weighted by atomic mass is 10.1. The lowest BCUT2D eigenvalue weighted by molar-refractivity contribution is -0.127. The largest absolute Gasteiger partial charge is 0.454 e. The Morgan fingerprint density at radius 2 is 1.96 bits per heavy atom. The second-order valence-electron chi connectivity index (χ2n) is 6.18. The van der Waals surface area contributed by atoms with E-state index in [2.05, 4.69) is 11.0 Å². The molecule has 0 atom stereocenters. The Labute approximate surface area is 151 Å². The van der Waals surface area contributed by atoms with Crippen LogP contribution in [0.3, 0.4) is 0 Å². The smallest absolute Gasteiger partial charge is 0.246 e. The van der Waals surface area contributed by atoms with Crippen LogP contribution in [0.25, 0.3) is 6.08 Å². The zero-order chi connectivity index (χ0) is 17.1. The predicted molar refractivity (Wildman–Crippen MR) is 97.8 cm³/mol. The summed E-state index contributed by atoms with van der Waals surface area (Å²) in [7, 11) is 0. The van der Waals surface area contributed by atoms with Gasteiger partial charge in [-0.15, -0.1) is 0 Å². The molecule has 1 aromatic carbocycles. The Morgan fingerprint density at radius 3 is 2.76 bits per heavy atom. The average molecular weight is 356 g/mol. The summed E-state index contributed by atoms with van der Waals surface area (Å²) in [5, 5.41) is 4.05. The van der Waals surface area contributed by atoms with E-state index in [0.29, 0.717) is 6.79 Å². The van der Waals surface area contributed by atoms with Crippen LogP contribution >= 0.6 is 11.3 Å². The molecule has 0 spiro atoms. The normalized spacial score (nSPS) is 17.4. The number of hydrogen-bond acceptors (Lipinski definition) is 5. The highest BCUT2D eigenvalue weighted by molar-refractivity contribution is 7.08. The molecule has 3 heterocycles. The number of hydrogen-bond donors (Lipinski definition) is 0. The van der Waals surface area contributed by atoms with E-state index in [-0.39, 0.29) is 5.91 Å². The summed E-state index contributed by atoms with van der Waals surface area (Å²) in [5.74, 6) is 1.73. The Hall–Kier alpha value is -2.31. The van der Waals surface area contributed by atoms with E-state index in [1.165, 1.54) is 5.56 Å². The summed E-state index contributed by atoms with van der Waals surface area (Å²) in [6.07, 6.45) is 3.56. The van der Waals surface area contributed by atoms with Crippen molar-refractivity contribution in [3.63, 3.8) is 0 Å². The number of benzene rings is 1. The first kappa shape index (κ1) is 16.2. The van der Waals surface area contributed by atoms with E-state index in [4.69, 9.17) is 9.47 Å². The number of ether oxygens (including phenoxy) is 2. The SMILES string of the molecule is O=C(C=Cc1ccsc1)N1CCN(Cc2ccc3c(c2)OCO3)CC1. The Morgan fingerprint density at radius 1 is 1.12 bits per heavy atom. The topological polar surface area (TPSA) is 42.0 Å². The van der Waals surface area contributed by atoms with Gasteiger partial charge in [0, 0.05) is 38.8 Å². The van der Waals surface area contributed by atoms with Crippen molar-refractivity contribution < 1.29 is 14.3 Å². The number of rotatable bonds is 4. The zero-order valence-electron chi connectivity index (χ0n) is 13.9. The molecule has 0 aliphatic carbocycles. The third-order valence-corrected chi connectivity index (χ3v) is 5.19. The zero-order valence-corrected chi connectivity index (χ0v) is 14.7. The maximum absolute atomic E-state index is 12.3. The number of nitrogens with zero attached hydrogens (tertiary/aromatic N) is 2. The fraction of sp³-hybridized carbons (Fsp3) is 0.316. The van der Waals surface area contributed by atoms with Gasteiger partial charge in [0.1, 0.15) is 0 Å². The molecule has 130 valence electrons. The minimum absolute atomic E-state index is 0.0916. The molecule has 5 nitrogen and oxygen atoms in total. The molecule has 1 fully saturated rings. The molecule has 1 amide bonds. The molecule has 25 heavy (non-hydrogen) atoms. The third kappa shape index (κ3) is 3.86. The molecule has 0 N–H and O–H groups in total. The van der Waals surface area contributed by atoms with Crippen molar-refractivity contribution in [2.75, 3.05) is 33.0 Å². The summed E-state index contributed by atoms with van der Waals surface area (Å²) in [6, 6.07) is 8.10. The first-order chi connectivity index (χ1) is 12.3. The summed E-state index contributed by atoms with van der Waals surface area (Å²) in [6.45, 7) is 4.45. The van der Waals surface area contributed by atoms with Crippen molar-refractivity contribution in [2.45, 2.75) is 6.54 Å². The van der Waals surface area contributed by atoms with Crippen LogP contribution in [0.2, 0.25) is 0 Å². The van der Waals surface area contributed by atoms with Crippen LogP contribution in [-0.2, 0) is 11.3 Å². The average Bonchev–Trinajstić information content (AvgIpc) is 3.31. The molecule has 0 bridgehead atoms. The molecule has 2 aromatic rings. The number of amides is 1. The van der Waals surface area contributed by atoms with Gasteiger partial charge in [-0.3, -0.25) is 9.69 Å². The van der Waals surface area contributed by atoms with Gasteiger partial charge in [0.2, 0.25) is 12.7 Å². The van der Waals surface area contributed by atoms with Gasteiger partial charge in [0.15, 0.2) is 11.5 Å². The minimum Gasteiger partial charge on any atom is -0.454 e. The summed E-state index contributed by atoms with van der Waals surface area (Å²) < 4.78 is 10.8. The van der Waals surface area contributed by atoms with Crippen LogP contribution in [0.4, 0.5) is 0 Å². The standard InChI is InChI=1S/C19H20N2O3S/c22-19(4-2-15-5-10-25-13-15)21-8-6-20(7-9-21)12-16-1-3-17-18(11-16)24-14-23-17/h1-5,10-11,13H,6-9,12,14H2. The monoisotopic (exact) mass is 356 g/mol. The highest BCUT2D eigenvalue weighted by Gasteiger charge is 2.20. The van der Waals surface area contributed by atoms with Crippen LogP contribution in [-0.4, -0.2) is 48.7 Å². The van der Waals surface area contributed by atoms with Gasteiger partial charge < -0.3 is 14.4 Å². The minimum atomic E-state index is 0.0916. The van der Waals surface area contributed by atoms with Crippen molar-refractivity contribution >= 4 is 23.3 Å². The molecule has 2 aliphatic rings. The van der Waals surface area contributed by atoms with Crippen molar-refractivity contribution in [2.24, 2.45) is 0 Å². The Kier molecular flexibility index (Phi) is 4.72. The van der Waals surface area contributed by atoms with E-state index >= 15 is 0 Å². The van der Waals surface area contributed by atoms with Crippen molar-refractivity contribution in [1.29, 1.82) is 0 Å². The molecule has 0 saturated carbocycles. The molecule has 6 heteroatoms. The van der Waals surface area contributed by atoms with Crippen LogP contribution < -0.4 is 9.47 Å². The second kappa shape index (κ2) is 7.29. The van der Waals surface area contributed by atoms with Gasteiger partial charge in [-0.2, -0.15) is 11.3 Å². The number of fused-ring (bicyclic) bond motifs is 1. The van der Waals surface area contributed by atoms with Gasteiger partial charge in [-0.1, -0.05) is 6.07 Å². The predicted octanol–water partition coefficient (Wildman–Crippen LogP) is 2.83. The van der Waals surface area contributed by atoms with E-state index in [9.17, 15) is 4.79 Å². The van der Waals surface area contributed by atoms with Crippen molar-refractivity contribution in [3.05, 3.63) is 52.2 Å². The van der Waals surface area contributed by atoms with E-state index < -0.39 is 0 Å². The molecule has 2 aliphatic heterocycles. The summed E-state index contributed by atoms with van der Waals surface area (Å²) in [4.78, 5) is 16.6. The van der Waals surface area contributed by atoms with E-state index in [0.717, 1.165) is 49.8 Å². The maximum Gasteiger partial charge on any atom is 0.246 e. The molecular formula is C19H20N2O3S. The number of piperazine rings is 1. The Balaban J connectivity index is 1.29. The molecule has 0 unspecified atom stereocenters. The Bertz CT molecular complexity index is 765. The van der Waals surface area contributed by atoms with E-state index in [1.54, 1.807) is 17.4 Å². The molecule has 1 saturated heterocycles. The third-order valence-electron chi connectivity index (χ3n) is 4.49. The number of carbonyl (C=O) groups is 1. The maximum atomic E-state index is 12.3. The van der Waals surface area contributed by atoms with Crippen LogP contribution in [0.5, 0.6) is 11.5 Å². The fourth-order valence-electron chi connectivity index (χ4n) is 3.07. The number of thiophene rings is 1. The first-order valence-corrected chi connectivity index (χ1v) is 9.32. The molecule has 4 rings (SSSR count).